The van der Waals surface area contributed by atoms with E-state index in [0.29, 0.717) is 27.4 Å². The number of amides is 1. The van der Waals surface area contributed by atoms with Gasteiger partial charge in [-0.05, 0) is 42.8 Å². The molecule has 0 unspecified atom stereocenters. The molecule has 2 heterocycles. The molecule has 0 atom stereocenters. The van der Waals surface area contributed by atoms with Crippen LogP contribution in [-0.4, -0.2) is 5.91 Å². The Morgan fingerprint density at radius 2 is 1.88 bits per heavy atom. The molecule has 2 aromatic heterocycles. The molecule has 4 aromatic rings. The summed E-state index contributed by atoms with van der Waals surface area (Å²) >= 11 is 7.17. The number of nitrogens with one attached hydrogen (secondary N) is 1. The molecule has 0 radical (unpaired) electrons. The van der Waals surface area contributed by atoms with E-state index >= 15 is 0 Å². The highest BCUT2D eigenvalue weighted by Gasteiger charge is 2.16. The van der Waals surface area contributed by atoms with Gasteiger partial charge < -0.3 is 9.73 Å². The van der Waals surface area contributed by atoms with Crippen molar-refractivity contribution in [2.75, 3.05) is 0 Å². The Hall–Kier alpha value is -2.63. The molecule has 0 bridgehead atoms. The molecule has 0 spiro atoms. The maximum absolute atomic E-state index is 12.5. The highest BCUT2D eigenvalue weighted by Crippen LogP contribution is 2.31. The number of benzene rings is 2. The normalized spacial score (nSPS) is 11.2. The molecule has 0 aliphatic heterocycles. The van der Waals surface area contributed by atoms with E-state index in [4.69, 9.17) is 16.0 Å². The molecule has 0 aliphatic carbocycles. The van der Waals surface area contributed by atoms with Crippen molar-refractivity contribution < 1.29 is 9.21 Å². The van der Waals surface area contributed by atoms with Gasteiger partial charge in [0.25, 0.3) is 5.91 Å². The van der Waals surface area contributed by atoms with E-state index in [-0.39, 0.29) is 5.91 Å². The lowest BCUT2D eigenvalue weighted by atomic mass is 10.1. The van der Waals surface area contributed by atoms with Crippen molar-refractivity contribution in [2.45, 2.75) is 13.5 Å². The molecule has 26 heavy (non-hydrogen) atoms. The maximum atomic E-state index is 12.5. The molecular formula is C20H14ClNO3S. The van der Waals surface area contributed by atoms with Crippen LogP contribution in [0.3, 0.4) is 0 Å². The van der Waals surface area contributed by atoms with Gasteiger partial charge in [0.1, 0.15) is 5.58 Å². The third-order valence-electron chi connectivity index (χ3n) is 4.12. The van der Waals surface area contributed by atoms with Gasteiger partial charge in [-0.15, -0.1) is 11.3 Å². The molecule has 1 N–H and O–H groups in total. The van der Waals surface area contributed by atoms with Crippen LogP contribution in [0, 0.1) is 6.92 Å². The molecule has 4 rings (SSSR count). The second kappa shape index (κ2) is 6.59. The van der Waals surface area contributed by atoms with Crippen molar-refractivity contribution in [3.63, 3.8) is 0 Å². The lowest BCUT2D eigenvalue weighted by molar-refractivity contribution is 0.0955. The summed E-state index contributed by atoms with van der Waals surface area (Å²) in [6, 6.07) is 14.5. The summed E-state index contributed by atoms with van der Waals surface area (Å²) in [7, 11) is 0. The zero-order valence-corrected chi connectivity index (χ0v) is 15.4. The minimum Gasteiger partial charge on any atom is -0.422 e. The second-order valence-corrected chi connectivity index (χ2v) is 7.54. The number of rotatable bonds is 3. The summed E-state index contributed by atoms with van der Waals surface area (Å²) in [6.07, 6.45) is 0. The number of hydrogen-bond acceptors (Lipinski definition) is 4. The van der Waals surface area contributed by atoms with Crippen LogP contribution in [0.25, 0.3) is 21.1 Å². The number of hydrogen-bond donors (Lipinski definition) is 1. The number of carbonyl (C=O) groups is 1. The van der Waals surface area contributed by atoms with Gasteiger partial charge in [0.2, 0.25) is 0 Å². The molecule has 0 saturated heterocycles. The van der Waals surface area contributed by atoms with Gasteiger partial charge in [0, 0.05) is 17.0 Å². The lowest BCUT2D eigenvalue weighted by Gasteiger charge is -2.03. The SMILES string of the molecule is Cc1ccc2oc(=O)c3cc(C(=O)NCc4ccc(Cl)cc4)sc3c2c1. The van der Waals surface area contributed by atoms with Crippen molar-refractivity contribution in [3.8, 4) is 0 Å². The van der Waals surface area contributed by atoms with Crippen LogP contribution in [0.4, 0.5) is 0 Å². The zero-order valence-electron chi connectivity index (χ0n) is 13.8. The highest BCUT2D eigenvalue weighted by atomic mass is 35.5. The van der Waals surface area contributed by atoms with Crippen LogP contribution < -0.4 is 10.9 Å². The summed E-state index contributed by atoms with van der Waals surface area (Å²) in [5, 5.41) is 4.81. The quantitative estimate of drug-likeness (QED) is 0.512. The van der Waals surface area contributed by atoms with Gasteiger partial charge in [-0.1, -0.05) is 35.4 Å². The first kappa shape index (κ1) is 16.8. The molecule has 6 heteroatoms. The van der Waals surface area contributed by atoms with E-state index in [9.17, 15) is 9.59 Å². The Kier molecular flexibility index (Phi) is 4.26. The van der Waals surface area contributed by atoms with E-state index in [2.05, 4.69) is 5.32 Å². The van der Waals surface area contributed by atoms with Crippen LogP contribution >= 0.6 is 22.9 Å². The van der Waals surface area contributed by atoms with Gasteiger partial charge in [-0.25, -0.2) is 4.79 Å². The second-order valence-electron chi connectivity index (χ2n) is 6.05. The van der Waals surface area contributed by atoms with Crippen molar-refractivity contribution in [1.29, 1.82) is 0 Å². The number of aryl methyl sites for hydroxylation is 1. The summed E-state index contributed by atoms with van der Waals surface area (Å²) in [6.45, 7) is 2.36. The van der Waals surface area contributed by atoms with E-state index in [1.807, 2.05) is 31.2 Å². The fourth-order valence-corrected chi connectivity index (χ4v) is 4.00. The van der Waals surface area contributed by atoms with E-state index in [0.717, 1.165) is 21.2 Å². The third-order valence-corrected chi connectivity index (χ3v) is 5.54. The molecule has 2 aromatic carbocycles. The maximum Gasteiger partial charge on any atom is 0.345 e. The molecule has 130 valence electrons. The van der Waals surface area contributed by atoms with Gasteiger partial charge in [0.05, 0.1) is 15.0 Å². The van der Waals surface area contributed by atoms with E-state index < -0.39 is 5.63 Å². The summed E-state index contributed by atoms with van der Waals surface area (Å²) < 4.78 is 6.15. The summed E-state index contributed by atoms with van der Waals surface area (Å²) in [5.41, 5.74) is 2.12. The Morgan fingerprint density at radius 3 is 2.65 bits per heavy atom. The number of fused-ring (bicyclic) bond motifs is 3. The first-order valence-electron chi connectivity index (χ1n) is 8.01. The zero-order chi connectivity index (χ0) is 18.3. The molecule has 0 saturated carbocycles. The van der Waals surface area contributed by atoms with E-state index in [1.54, 1.807) is 24.3 Å². The number of carbonyl (C=O) groups excluding carboxylic acids is 1. The lowest BCUT2D eigenvalue weighted by Crippen LogP contribution is -2.21. The van der Waals surface area contributed by atoms with Crippen LogP contribution in [-0.2, 0) is 6.54 Å². The Morgan fingerprint density at radius 1 is 1.12 bits per heavy atom. The summed E-state index contributed by atoms with van der Waals surface area (Å²) in [4.78, 5) is 25.2. The predicted molar refractivity (Wildman–Crippen MR) is 105 cm³/mol. The van der Waals surface area contributed by atoms with Gasteiger partial charge in [0.15, 0.2) is 0 Å². The van der Waals surface area contributed by atoms with Gasteiger partial charge in [-0.2, -0.15) is 0 Å². The average Bonchev–Trinajstić information content (AvgIpc) is 3.08. The predicted octanol–water partition coefficient (Wildman–Crippen LogP) is 4.90. The first-order chi connectivity index (χ1) is 12.5. The van der Waals surface area contributed by atoms with Crippen molar-refractivity contribution in [1.82, 2.24) is 5.32 Å². The first-order valence-corrected chi connectivity index (χ1v) is 9.20. The van der Waals surface area contributed by atoms with Gasteiger partial charge >= 0.3 is 5.63 Å². The fourth-order valence-electron chi connectivity index (χ4n) is 2.79. The molecule has 4 nitrogen and oxygen atoms in total. The largest absolute Gasteiger partial charge is 0.422 e. The fraction of sp³-hybridized carbons (Fsp3) is 0.100. The van der Waals surface area contributed by atoms with E-state index in [1.165, 1.54) is 11.3 Å². The molecular weight excluding hydrogens is 370 g/mol. The topological polar surface area (TPSA) is 59.3 Å². The highest BCUT2D eigenvalue weighted by molar-refractivity contribution is 7.21. The molecule has 0 fully saturated rings. The number of halogens is 1. The minimum absolute atomic E-state index is 0.221. The van der Waals surface area contributed by atoms with Crippen molar-refractivity contribution in [3.05, 3.63) is 80.0 Å². The van der Waals surface area contributed by atoms with Crippen LogP contribution in [0.15, 0.2) is 57.7 Å². The smallest absolute Gasteiger partial charge is 0.345 e. The third kappa shape index (κ3) is 3.11. The standard InChI is InChI=1S/C20H14ClNO3S/c1-11-2-7-16-14(8-11)18-15(20(24)25-16)9-17(26-18)19(23)22-10-12-3-5-13(21)6-4-12/h2-9H,10H2,1H3,(H,22,23). The monoisotopic (exact) mass is 383 g/mol. The van der Waals surface area contributed by atoms with Crippen LogP contribution in [0.5, 0.6) is 0 Å². The van der Waals surface area contributed by atoms with Crippen molar-refractivity contribution >= 4 is 49.9 Å². The Labute approximate surface area is 158 Å². The molecule has 1 amide bonds. The Balaban J connectivity index is 1.68. The van der Waals surface area contributed by atoms with Gasteiger partial charge in [-0.3, -0.25) is 4.79 Å². The minimum atomic E-state index is -0.427. The Bertz CT molecular complexity index is 1190. The number of thiophene rings is 1. The van der Waals surface area contributed by atoms with Crippen molar-refractivity contribution in [2.24, 2.45) is 0 Å². The van der Waals surface area contributed by atoms with Crippen LogP contribution in [0.1, 0.15) is 20.8 Å². The van der Waals surface area contributed by atoms with Crippen LogP contribution in [0.2, 0.25) is 5.02 Å². The average molecular weight is 384 g/mol. The summed E-state index contributed by atoms with van der Waals surface area (Å²) in [5.74, 6) is -0.221. The molecule has 0 aliphatic rings.